The summed E-state index contributed by atoms with van der Waals surface area (Å²) < 4.78 is 0. The number of anilines is 3. The fraction of sp³-hybridized carbons (Fsp3) is 0.148. The highest BCUT2D eigenvalue weighted by atomic mass is 16.2. The van der Waals surface area contributed by atoms with Crippen molar-refractivity contribution in [2.45, 2.75) is 12.5 Å². The number of hydrogen-bond acceptors (Lipinski definition) is 5. The minimum atomic E-state index is -1.26. The highest BCUT2D eigenvalue weighted by Crippen LogP contribution is 2.31. The Hall–Kier alpha value is -4.99. The number of rotatable bonds is 5. The standard InChI is InChI=1S/C27H23N5O5/c1-27(18-7-3-2-4-8-18)25(36)32(26(37)30-27)16-22(33)28-19-13-11-17(12-14-19)24(35)31-15-23(34)29-20-9-5-6-10-21(20)31/h2-14H,15-16H2,1H3,(H,28,33)(H,29,34)(H,30,37). The first-order valence-corrected chi connectivity index (χ1v) is 11.6. The molecule has 1 atom stereocenters. The number of nitrogens with zero attached hydrogens (tertiary/aromatic N) is 2. The smallest absolute Gasteiger partial charge is 0.325 e. The first-order chi connectivity index (χ1) is 17.8. The van der Waals surface area contributed by atoms with E-state index in [-0.39, 0.29) is 18.4 Å². The van der Waals surface area contributed by atoms with E-state index in [9.17, 15) is 24.0 Å². The van der Waals surface area contributed by atoms with E-state index >= 15 is 0 Å². The summed E-state index contributed by atoms with van der Waals surface area (Å²) in [7, 11) is 0. The Morgan fingerprint density at radius 2 is 1.59 bits per heavy atom. The second kappa shape index (κ2) is 9.23. The van der Waals surface area contributed by atoms with Gasteiger partial charge in [-0.2, -0.15) is 0 Å². The van der Waals surface area contributed by atoms with Crippen molar-refractivity contribution in [3.05, 3.63) is 90.0 Å². The normalized spacial score (nSPS) is 18.7. The third-order valence-corrected chi connectivity index (χ3v) is 6.36. The maximum absolute atomic E-state index is 13.1. The van der Waals surface area contributed by atoms with E-state index in [0.717, 1.165) is 4.90 Å². The molecule has 5 rings (SSSR count). The van der Waals surface area contributed by atoms with Gasteiger partial charge < -0.3 is 16.0 Å². The van der Waals surface area contributed by atoms with Crippen molar-refractivity contribution < 1.29 is 24.0 Å². The van der Waals surface area contributed by atoms with Crippen LogP contribution in [0.3, 0.4) is 0 Å². The lowest BCUT2D eigenvalue weighted by Gasteiger charge is -2.29. The Morgan fingerprint density at radius 1 is 0.919 bits per heavy atom. The topological polar surface area (TPSA) is 128 Å². The highest BCUT2D eigenvalue weighted by molar-refractivity contribution is 6.15. The molecule has 0 saturated carbocycles. The lowest BCUT2D eigenvalue weighted by molar-refractivity contribution is -0.133. The zero-order valence-electron chi connectivity index (χ0n) is 19.9. The number of imide groups is 1. The molecule has 3 aromatic carbocycles. The summed E-state index contributed by atoms with van der Waals surface area (Å²) in [5.41, 5.74) is 1.22. The van der Waals surface area contributed by atoms with Gasteiger partial charge in [0.05, 0.1) is 11.4 Å². The molecule has 3 N–H and O–H groups in total. The first kappa shape index (κ1) is 23.7. The zero-order valence-corrected chi connectivity index (χ0v) is 19.9. The highest BCUT2D eigenvalue weighted by Gasteiger charge is 2.49. The lowest BCUT2D eigenvalue weighted by Crippen LogP contribution is -2.42. The van der Waals surface area contributed by atoms with Gasteiger partial charge in [0.1, 0.15) is 18.6 Å². The molecule has 0 radical (unpaired) electrons. The van der Waals surface area contributed by atoms with E-state index < -0.39 is 29.9 Å². The van der Waals surface area contributed by atoms with Crippen LogP contribution in [0.2, 0.25) is 0 Å². The van der Waals surface area contributed by atoms with Crippen LogP contribution in [0, 0.1) is 0 Å². The summed E-state index contributed by atoms with van der Waals surface area (Å²) in [5.74, 6) is -1.74. The first-order valence-electron chi connectivity index (χ1n) is 11.6. The van der Waals surface area contributed by atoms with Crippen molar-refractivity contribution in [1.29, 1.82) is 0 Å². The fourth-order valence-electron chi connectivity index (χ4n) is 4.42. The molecule has 6 amide bonds. The molecule has 186 valence electrons. The van der Waals surface area contributed by atoms with Crippen LogP contribution in [0.1, 0.15) is 22.8 Å². The van der Waals surface area contributed by atoms with Crippen LogP contribution in [0.4, 0.5) is 21.9 Å². The van der Waals surface area contributed by atoms with Crippen LogP contribution < -0.4 is 20.9 Å². The van der Waals surface area contributed by atoms with Gasteiger partial charge in [0, 0.05) is 11.3 Å². The molecule has 0 aromatic heterocycles. The van der Waals surface area contributed by atoms with Crippen LogP contribution in [-0.2, 0) is 19.9 Å². The van der Waals surface area contributed by atoms with Crippen molar-refractivity contribution >= 4 is 46.7 Å². The molecule has 1 unspecified atom stereocenters. The average molecular weight is 498 g/mol. The van der Waals surface area contributed by atoms with Gasteiger partial charge in [0.15, 0.2) is 0 Å². The molecule has 1 fully saturated rings. The van der Waals surface area contributed by atoms with Gasteiger partial charge in [0.2, 0.25) is 11.8 Å². The van der Waals surface area contributed by atoms with Gasteiger partial charge in [-0.25, -0.2) is 4.79 Å². The number of para-hydroxylation sites is 2. The van der Waals surface area contributed by atoms with E-state index in [2.05, 4.69) is 16.0 Å². The average Bonchev–Trinajstić information content (AvgIpc) is 3.12. The largest absolute Gasteiger partial charge is 0.325 e. The van der Waals surface area contributed by atoms with Gasteiger partial charge >= 0.3 is 6.03 Å². The van der Waals surface area contributed by atoms with E-state index in [0.29, 0.717) is 28.2 Å². The number of fused-ring (bicyclic) bond motifs is 1. The Balaban J connectivity index is 1.25. The molecule has 1 saturated heterocycles. The zero-order chi connectivity index (χ0) is 26.2. The van der Waals surface area contributed by atoms with Crippen LogP contribution in [-0.4, -0.2) is 47.6 Å². The van der Waals surface area contributed by atoms with Crippen molar-refractivity contribution in [2.75, 3.05) is 28.6 Å². The van der Waals surface area contributed by atoms with E-state index in [1.54, 1.807) is 73.7 Å². The monoisotopic (exact) mass is 497 g/mol. The molecule has 2 aliphatic heterocycles. The van der Waals surface area contributed by atoms with Gasteiger partial charge in [-0.1, -0.05) is 42.5 Å². The van der Waals surface area contributed by atoms with Crippen molar-refractivity contribution in [2.24, 2.45) is 0 Å². The molecule has 10 heteroatoms. The predicted molar refractivity (Wildman–Crippen MR) is 136 cm³/mol. The van der Waals surface area contributed by atoms with E-state index in [1.165, 1.54) is 17.0 Å². The molecule has 0 spiro atoms. The quantitative estimate of drug-likeness (QED) is 0.467. The number of nitrogens with one attached hydrogen (secondary N) is 3. The summed E-state index contributed by atoms with van der Waals surface area (Å²) in [5, 5.41) is 8.05. The Bertz CT molecular complexity index is 1420. The Morgan fingerprint density at radius 3 is 2.32 bits per heavy atom. The van der Waals surface area contributed by atoms with Crippen LogP contribution in [0.5, 0.6) is 0 Å². The molecular weight excluding hydrogens is 474 g/mol. The lowest BCUT2D eigenvalue weighted by atomic mass is 9.92. The number of benzene rings is 3. The minimum Gasteiger partial charge on any atom is -0.325 e. The fourth-order valence-corrected chi connectivity index (χ4v) is 4.42. The molecule has 2 aliphatic rings. The number of amides is 6. The number of hydrogen-bond donors (Lipinski definition) is 3. The molecule has 0 bridgehead atoms. The van der Waals surface area contributed by atoms with Gasteiger partial charge in [0.25, 0.3) is 11.8 Å². The maximum atomic E-state index is 13.1. The van der Waals surface area contributed by atoms with Crippen molar-refractivity contribution in [3.63, 3.8) is 0 Å². The SMILES string of the molecule is CC1(c2ccccc2)NC(=O)N(CC(=O)Nc2ccc(C(=O)N3CC(=O)Nc4ccccc43)cc2)C1=O. The summed E-state index contributed by atoms with van der Waals surface area (Å²) in [6.45, 7) is 1.02. The summed E-state index contributed by atoms with van der Waals surface area (Å²) >= 11 is 0. The van der Waals surface area contributed by atoms with Crippen LogP contribution in [0.25, 0.3) is 0 Å². The molecule has 3 aromatic rings. The second-order valence-corrected chi connectivity index (χ2v) is 8.89. The molecule has 0 aliphatic carbocycles. The van der Waals surface area contributed by atoms with Gasteiger partial charge in [-0.3, -0.25) is 29.0 Å². The summed E-state index contributed by atoms with van der Waals surface area (Å²) in [6.07, 6.45) is 0. The Kier molecular flexibility index (Phi) is 5.92. The molecular formula is C27H23N5O5. The third-order valence-electron chi connectivity index (χ3n) is 6.36. The summed E-state index contributed by atoms with van der Waals surface area (Å²) in [4.78, 5) is 65.5. The molecule has 2 heterocycles. The van der Waals surface area contributed by atoms with Crippen LogP contribution >= 0.6 is 0 Å². The third kappa shape index (κ3) is 4.40. The maximum Gasteiger partial charge on any atom is 0.325 e. The molecule has 10 nitrogen and oxygen atoms in total. The minimum absolute atomic E-state index is 0.109. The Labute approximate surface area is 212 Å². The number of carbonyl (C=O) groups is 5. The van der Waals surface area contributed by atoms with Gasteiger partial charge in [-0.05, 0) is 48.9 Å². The molecule has 37 heavy (non-hydrogen) atoms. The van der Waals surface area contributed by atoms with Crippen LogP contribution in [0.15, 0.2) is 78.9 Å². The second-order valence-electron chi connectivity index (χ2n) is 8.89. The number of carbonyl (C=O) groups excluding carboxylic acids is 5. The summed E-state index contributed by atoms with van der Waals surface area (Å²) in [6, 6.07) is 21.3. The van der Waals surface area contributed by atoms with Gasteiger partial charge in [-0.15, -0.1) is 0 Å². The van der Waals surface area contributed by atoms with Crippen molar-refractivity contribution in [3.8, 4) is 0 Å². The van der Waals surface area contributed by atoms with E-state index in [4.69, 9.17) is 0 Å². The predicted octanol–water partition coefficient (Wildman–Crippen LogP) is 2.69. The van der Waals surface area contributed by atoms with Crippen molar-refractivity contribution in [1.82, 2.24) is 10.2 Å². The van der Waals surface area contributed by atoms with E-state index in [1.807, 2.05) is 0 Å². The number of urea groups is 1.